The van der Waals surface area contributed by atoms with Crippen molar-refractivity contribution >= 4 is 17.7 Å². The van der Waals surface area contributed by atoms with Crippen LogP contribution in [0.2, 0.25) is 0 Å². The zero-order valence-corrected chi connectivity index (χ0v) is 16.8. The molecule has 0 bridgehead atoms. The molecule has 5 nitrogen and oxygen atoms in total. The Morgan fingerprint density at radius 2 is 2.00 bits per heavy atom. The third kappa shape index (κ3) is 4.89. The molecule has 0 aliphatic carbocycles. The van der Waals surface area contributed by atoms with E-state index in [1.807, 2.05) is 45.9 Å². The molecule has 1 aromatic carbocycles. The van der Waals surface area contributed by atoms with Gasteiger partial charge in [-0.15, -0.1) is 0 Å². The second kappa shape index (κ2) is 8.41. The second-order valence-electron chi connectivity index (χ2n) is 6.99. The van der Waals surface area contributed by atoms with Crippen molar-refractivity contribution in [3.8, 4) is 6.07 Å². The van der Waals surface area contributed by atoms with Crippen molar-refractivity contribution in [3.05, 3.63) is 47.3 Å². The summed E-state index contributed by atoms with van der Waals surface area (Å²) in [6.45, 7) is 9.42. The Hall–Kier alpha value is -2.26. The summed E-state index contributed by atoms with van der Waals surface area (Å²) >= 11 is 1.37. The van der Waals surface area contributed by atoms with Crippen molar-refractivity contribution in [1.82, 2.24) is 15.3 Å². The molecule has 0 saturated carbocycles. The van der Waals surface area contributed by atoms with Crippen molar-refractivity contribution < 1.29 is 4.79 Å². The first-order valence-electron chi connectivity index (χ1n) is 8.74. The first-order chi connectivity index (χ1) is 12.2. The van der Waals surface area contributed by atoms with E-state index in [1.165, 1.54) is 17.3 Å². The summed E-state index contributed by atoms with van der Waals surface area (Å²) in [5, 5.41) is 12.6. The topological polar surface area (TPSA) is 81.6 Å². The highest BCUT2D eigenvalue weighted by Gasteiger charge is 2.32. The number of nitrogens with one attached hydrogen (secondary N) is 2. The van der Waals surface area contributed by atoms with Gasteiger partial charge in [0.1, 0.15) is 5.54 Å². The molecule has 2 aromatic rings. The van der Waals surface area contributed by atoms with Crippen molar-refractivity contribution in [1.29, 1.82) is 5.26 Å². The molecular formula is C20H26N4OS. The Morgan fingerprint density at radius 3 is 2.58 bits per heavy atom. The van der Waals surface area contributed by atoms with Gasteiger partial charge in [0.25, 0.3) is 0 Å². The number of carbonyl (C=O) groups is 1. The van der Waals surface area contributed by atoms with Gasteiger partial charge in [-0.05, 0) is 32.3 Å². The Labute approximate surface area is 159 Å². The summed E-state index contributed by atoms with van der Waals surface area (Å²) in [7, 11) is 0. The minimum atomic E-state index is -0.872. The molecule has 6 heteroatoms. The van der Waals surface area contributed by atoms with Crippen LogP contribution in [0, 0.1) is 24.2 Å². The van der Waals surface area contributed by atoms with Crippen LogP contribution >= 0.6 is 11.8 Å². The molecule has 1 amide bonds. The molecule has 2 N–H and O–H groups in total. The maximum atomic E-state index is 12.5. The highest BCUT2D eigenvalue weighted by atomic mass is 32.2. The van der Waals surface area contributed by atoms with Gasteiger partial charge in [0.2, 0.25) is 5.91 Å². The van der Waals surface area contributed by atoms with E-state index in [1.54, 1.807) is 6.92 Å². The van der Waals surface area contributed by atoms with Gasteiger partial charge < -0.3 is 10.3 Å². The number of aromatic nitrogens is 2. The number of rotatable bonds is 7. The third-order valence-corrected chi connectivity index (χ3v) is 5.59. The number of thioether (sulfide) groups is 1. The summed E-state index contributed by atoms with van der Waals surface area (Å²) in [5.41, 5.74) is 2.32. The van der Waals surface area contributed by atoms with E-state index < -0.39 is 5.54 Å². The number of hydrogen-bond acceptors (Lipinski definition) is 4. The lowest BCUT2D eigenvalue weighted by Gasteiger charge is -2.28. The Bertz CT molecular complexity index is 794. The van der Waals surface area contributed by atoms with Gasteiger partial charge in [0, 0.05) is 12.1 Å². The van der Waals surface area contributed by atoms with Gasteiger partial charge in [-0.1, -0.05) is 55.9 Å². The highest BCUT2D eigenvalue weighted by Crippen LogP contribution is 2.24. The number of nitrogens with zero attached hydrogens (tertiary/aromatic N) is 2. The fourth-order valence-corrected chi connectivity index (χ4v) is 3.24. The van der Waals surface area contributed by atoms with Gasteiger partial charge >= 0.3 is 0 Å². The van der Waals surface area contributed by atoms with Gasteiger partial charge in [0.05, 0.1) is 17.0 Å². The van der Waals surface area contributed by atoms with Crippen LogP contribution in [-0.4, -0.2) is 26.7 Å². The fraction of sp³-hybridized carbons (Fsp3) is 0.450. The Morgan fingerprint density at radius 1 is 1.35 bits per heavy atom. The zero-order chi connectivity index (χ0) is 19.3. The lowest BCUT2D eigenvalue weighted by molar-refractivity contribution is -0.121. The largest absolute Gasteiger partial charge is 0.337 e. The molecule has 138 valence electrons. The van der Waals surface area contributed by atoms with E-state index in [2.05, 4.69) is 33.5 Å². The molecule has 0 spiro atoms. The van der Waals surface area contributed by atoms with Crippen LogP contribution in [0.15, 0.2) is 35.5 Å². The normalized spacial score (nSPS) is 14.5. The summed E-state index contributed by atoms with van der Waals surface area (Å²) in [4.78, 5) is 20.4. The number of aromatic amines is 1. The fourth-order valence-electron chi connectivity index (χ4n) is 2.36. The Balaban J connectivity index is 2.03. The number of H-pyrrole nitrogens is 1. The summed E-state index contributed by atoms with van der Waals surface area (Å²) in [5.74, 6) is -0.136. The SMILES string of the molecule is Cc1[nH]c(S[C@H](C)C(=O)N[C@@](C)(C#N)C(C)C)nc1Cc1ccccc1. The van der Waals surface area contributed by atoms with E-state index >= 15 is 0 Å². The van der Waals surface area contributed by atoms with Crippen molar-refractivity contribution in [3.63, 3.8) is 0 Å². The van der Waals surface area contributed by atoms with Crippen LogP contribution in [-0.2, 0) is 11.2 Å². The van der Waals surface area contributed by atoms with Gasteiger partial charge in [-0.25, -0.2) is 4.98 Å². The number of imidazole rings is 1. The van der Waals surface area contributed by atoms with E-state index in [-0.39, 0.29) is 17.1 Å². The van der Waals surface area contributed by atoms with Gasteiger partial charge in [-0.3, -0.25) is 4.79 Å². The molecule has 0 unspecified atom stereocenters. The number of benzene rings is 1. The maximum Gasteiger partial charge on any atom is 0.234 e. The third-order valence-electron chi connectivity index (χ3n) is 4.61. The van der Waals surface area contributed by atoms with Crippen LogP contribution in [0.1, 0.15) is 44.6 Å². The molecule has 0 radical (unpaired) electrons. The lowest BCUT2D eigenvalue weighted by atomic mass is 9.90. The zero-order valence-electron chi connectivity index (χ0n) is 16.0. The smallest absolute Gasteiger partial charge is 0.234 e. The van der Waals surface area contributed by atoms with Crippen LogP contribution < -0.4 is 5.32 Å². The molecule has 0 aliphatic rings. The molecule has 26 heavy (non-hydrogen) atoms. The summed E-state index contributed by atoms with van der Waals surface area (Å²) in [6.07, 6.45) is 0.754. The van der Waals surface area contributed by atoms with Crippen LogP contribution in [0.3, 0.4) is 0 Å². The van der Waals surface area contributed by atoms with Crippen LogP contribution in [0.25, 0.3) is 0 Å². The average molecular weight is 371 g/mol. The van der Waals surface area contributed by atoms with E-state index in [9.17, 15) is 10.1 Å². The minimum absolute atomic E-state index is 0.0250. The van der Waals surface area contributed by atoms with Crippen LogP contribution in [0.4, 0.5) is 0 Å². The average Bonchev–Trinajstić information content (AvgIpc) is 2.94. The maximum absolute atomic E-state index is 12.5. The van der Waals surface area contributed by atoms with E-state index in [4.69, 9.17) is 0 Å². The predicted molar refractivity (Wildman–Crippen MR) is 105 cm³/mol. The lowest BCUT2D eigenvalue weighted by Crippen LogP contribution is -2.51. The van der Waals surface area contributed by atoms with Crippen molar-refractivity contribution in [2.45, 2.75) is 57.0 Å². The van der Waals surface area contributed by atoms with E-state index in [0.29, 0.717) is 0 Å². The first kappa shape index (κ1) is 20.1. The molecule has 2 rings (SSSR count). The molecule has 0 saturated heterocycles. The standard InChI is InChI=1S/C20H26N4OS/c1-13(2)20(5,12-21)24-18(25)15(4)26-19-22-14(3)17(23-19)11-16-9-7-6-8-10-16/h6-10,13,15H,11H2,1-5H3,(H,22,23)(H,24,25)/t15-,20+/m1/s1. The molecule has 0 aliphatic heterocycles. The molecule has 0 fully saturated rings. The summed E-state index contributed by atoms with van der Waals surface area (Å²) < 4.78 is 0. The predicted octanol–water partition coefficient (Wildman–Crippen LogP) is 3.84. The summed E-state index contributed by atoms with van der Waals surface area (Å²) in [6, 6.07) is 12.4. The number of hydrogen-bond donors (Lipinski definition) is 2. The van der Waals surface area contributed by atoms with Gasteiger partial charge in [0.15, 0.2) is 5.16 Å². The monoisotopic (exact) mass is 370 g/mol. The van der Waals surface area contributed by atoms with E-state index in [0.717, 1.165) is 23.0 Å². The number of nitriles is 1. The number of amides is 1. The first-order valence-corrected chi connectivity index (χ1v) is 9.62. The van der Waals surface area contributed by atoms with Crippen molar-refractivity contribution in [2.75, 3.05) is 0 Å². The van der Waals surface area contributed by atoms with Crippen molar-refractivity contribution in [2.24, 2.45) is 5.92 Å². The molecular weight excluding hydrogens is 344 g/mol. The van der Waals surface area contributed by atoms with Crippen LogP contribution in [0.5, 0.6) is 0 Å². The number of aryl methyl sites for hydroxylation is 1. The molecule has 2 atom stereocenters. The second-order valence-corrected chi connectivity index (χ2v) is 8.32. The molecule has 1 aromatic heterocycles. The van der Waals surface area contributed by atoms with Gasteiger partial charge in [-0.2, -0.15) is 5.26 Å². The quantitative estimate of drug-likeness (QED) is 0.726. The Kier molecular flexibility index (Phi) is 6.49. The molecule has 1 heterocycles. The minimum Gasteiger partial charge on any atom is -0.337 e. The highest BCUT2D eigenvalue weighted by molar-refractivity contribution is 8.00. The number of carbonyl (C=O) groups excluding carboxylic acids is 1.